The average Bonchev–Trinajstić information content (AvgIpc) is 2.38. The molecule has 0 spiro atoms. The molecular formula is C16H28N2O2S. The number of rotatable bonds is 8. The van der Waals surface area contributed by atoms with E-state index in [0.29, 0.717) is 30.8 Å². The smallest absolute Gasteiger partial charge is 0.215 e. The van der Waals surface area contributed by atoms with Crippen molar-refractivity contribution in [2.45, 2.75) is 40.0 Å². The van der Waals surface area contributed by atoms with Gasteiger partial charge in [-0.3, -0.25) is 0 Å². The second kappa shape index (κ2) is 7.92. The Balaban J connectivity index is 2.74. The largest absolute Gasteiger partial charge is 0.326 e. The molecule has 21 heavy (non-hydrogen) atoms. The summed E-state index contributed by atoms with van der Waals surface area (Å²) in [6.07, 6.45) is 0. The van der Waals surface area contributed by atoms with Gasteiger partial charge in [-0.05, 0) is 28.9 Å². The second-order valence-electron chi connectivity index (χ2n) is 6.23. The minimum Gasteiger partial charge on any atom is -0.326 e. The highest BCUT2D eigenvalue weighted by molar-refractivity contribution is 7.88. The van der Waals surface area contributed by atoms with Crippen molar-refractivity contribution in [2.75, 3.05) is 6.54 Å². The van der Waals surface area contributed by atoms with E-state index < -0.39 is 10.0 Å². The van der Waals surface area contributed by atoms with Crippen LogP contribution in [-0.2, 0) is 22.3 Å². The predicted octanol–water partition coefficient (Wildman–Crippen LogP) is 2.49. The Morgan fingerprint density at radius 3 is 2.05 bits per heavy atom. The van der Waals surface area contributed by atoms with E-state index in [1.165, 1.54) is 0 Å². The Morgan fingerprint density at radius 1 is 1.05 bits per heavy atom. The highest BCUT2D eigenvalue weighted by Crippen LogP contribution is 2.20. The Morgan fingerprint density at radius 2 is 1.57 bits per heavy atom. The minimum absolute atomic E-state index is 0.0106. The molecule has 0 aromatic heterocycles. The zero-order valence-corrected chi connectivity index (χ0v) is 14.3. The van der Waals surface area contributed by atoms with Crippen molar-refractivity contribution in [3.8, 4) is 0 Å². The highest BCUT2D eigenvalue weighted by atomic mass is 32.2. The van der Waals surface area contributed by atoms with Gasteiger partial charge in [0.2, 0.25) is 10.0 Å². The Bertz CT molecular complexity index is 531. The SMILES string of the molecule is CC(C)C(CNS(=O)(=O)Cc1ccccc1CN)C(C)C. The first kappa shape index (κ1) is 18.1. The first-order chi connectivity index (χ1) is 9.76. The summed E-state index contributed by atoms with van der Waals surface area (Å²) in [7, 11) is -3.33. The van der Waals surface area contributed by atoms with E-state index in [0.717, 1.165) is 11.1 Å². The van der Waals surface area contributed by atoms with Crippen LogP contribution in [0.2, 0.25) is 0 Å². The van der Waals surface area contributed by atoms with Gasteiger partial charge in [0.1, 0.15) is 0 Å². The van der Waals surface area contributed by atoms with Gasteiger partial charge in [-0.15, -0.1) is 0 Å². The van der Waals surface area contributed by atoms with Gasteiger partial charge >= 0.3 is 0 Å². The molecule has 120 valence electrons. The standard InChI is InChI=1S/C16H28N2O2S/c1-12(2)16(13(3)4)10-18-21(19,20)11-15-8-6-5-7-14(15)9-17/h5-8,12-13,16,18H,9-11,17H2,1-4H3. The van der Waals surface area contributed by atoms with Gasteiger partial charge in [-0.1, -0.05) is 52.0 Å². The Labute approximate surface area is 129 Å². The van der Waals surface area contributed by atoms with E-state index >= 15 is 0 Å². The highest BCUT2D eigenvalue weighted by Gasteiger charge is 2.21. The molecule has 1 aromatic rings. The quantitative estimate of drug-likeness (QED) is 0.774. The van der Waals surface area contributed by atoms with Crippen LogP contribution >= 0.6 is 0 Å². The van der Waals surface area contributed by atoms with Gasteiger partial charge in [-0.2, -0.15) is 0 Å². The third-order valence-corrected chi connectivity index (χ3v) is 5.23. The van der Waals surface area contributed by atoms with Crippen molar-refractivity contribution in [3.05, 3.63) is 35.4 Å². The number of benzene rings is 1. The molecule has 1 aromatic carbocycles. The third-order valence-electron chi connectivity index (χ3n) is 3.94. The first-order valence-electron chi connectivity index (χ1n) is 7.51. The molecule has 0 saturated heterocycles. The zero-order chi connectivity index (χ0) is 16.0. The zero-order valence-electron chi connectivity index (χ0n) is 13.5. The fraction of sp³-hybridized carbons (Fsp3) is 0.625. The monoisotopic (exact) mass is 312 g/mol. The maximum absolute atomic E-state index is 12.3. The van der Waals surface area contributed by atoms with Gasteiger partial charge in [-0.25, -0.2) is 13.1 Å². The number of sulfonamides is 1. The maximum Gasteiger partial charge on any atom is 0.215 e. The van der Waals surface area contributed by atoms with Crippen LogP contribution in [0.1, 0.15) is 38.8 Å². The van der Waals surface area contributed by atoms with Crippen LogP contribution in [0.4, 0.5) is 0 Å². The molecule has 1 rings (SSSR count). The van der Waals surface area contributed by atoms with Crippen molar-refractivity contribution in [1.29, 1.82) is 0 Å². The van der Waals surface area contributed by atoms with Crippen LogP contribution in [0.3, 0.4) is 0 Å². The number of nitrogens with two attached hydrogens (primary N) is 1. The summed E-state index contributed by atoms with van der Waals surface area (Å²) >= 11 is 0. The fourth-order valence-electron chi connectivity index (χ4n) is 2.62. The third kappa shape index (κ3) is 5.77. The lowest BCUT2D eigenvalue weighted by Gasteiger charge is -2.25. The molecule has 0 fully saturated rings. The van der Waals surface area contributed by atoms with Crippen LogP contribution in [-0.4, -0.2) is 15.0 Å². The topological polar surface area (TPSA) is 72.2 Å². The Hall–Kier alpha value is -0.910. The molecule has 0 unspecified atom stereocenters. The first-order valence-corrected chi connectivity index (χ1v) is 9.16. The molecule has 5 heteroatoms. The van der Waals surface area contributed by atoms with E-state index in [1.54, 1.807) is 0 Å². The number of hydrogen-bond acceptors (Lipinski definition) is 3. The van der Waals surface area contributed by atoms with Crippen LogP contribution < -0.4 is 10.5 Å². The molecular weight excluding hydrogens is 284 g/mol. The molecule has 3 N–H and O–H groups in total. The van der Waals surface area contributed by atoms with Crippen molar-refractivity contribution in [2.24, 2.45) is 23.5 Å². The second-order valence-corrected chi connectivity index (χ2v) is 8.04. The fourth-order valence-corrected chi connectivity index (χ4v) is 3.86. The minimum atomic E-state index is -3.33. The van der Waals surface area contributed by atoms with E-state index in [-0.39, 0.29) is 5.75 Å². The van der Waals surface area contributed by atoms with Crippen molar-refractivity contribution in [3.63, 3.8) is 0 Å². The summed E-state index contributed by atoms with van der Waals surface area (Å²) in [4.78, 5) is 0. The summed E-state index contributed by atoms with van der Waals surface area (Å²) < 4.78 is 27.3. The van der Waals surface area contributed by atoms with Crippen molar-refractivity contribution in [1.82, 2.24) is 4.72 Å². The van der Waals surface area contributed by atoms with Crippen LogP contribution in [0.5, 0.6) is 0 Å². The lowest BCUT2D eigenvalue weighted by molar-refractivity contribution is 0.289. The molecule has 0 heterocycles. The molecule has 0 aliphatic carbocycles. The predicted molar refractivity (Wildman–Crippen MR) is 88.1 cm³/mol. The van der Waals surface area contributed by atoms with E-state index in [9.17, 15) is 8.42 Å². The molecule has 0 aliphatic heterocycles. The molecule has 0 amide bonds. The summed E-state index contributed by atoms with van der Waals surface area (Å²) in [5.41, 5.74) is 7.31. The van der Waals surface area contributed by atoms with Crippen LogP contribution in [0.15, 0.2) is 24.3 Å². The summed E-state index contributed by atoms with van der Waals surface area (Å²) in [6, 6.07) is 7.41. The average molecular weight is 312 g/mol. The van der Waals surface area contributed by atoms with E-state index in [2.05, 4.69) is 32.4 Å². The molecule has 0 saturated carbocycles. The van der Waals surface area contributed by atoms with Gasteiger partial charge < -0.3 is 5.73 Å². The van der Waals surface area contributed by atoms with Gasteiger partial charge in [0.05, 0.1) is 5.75 Å². The Kier molecular flexibility index (Phi) is 6.84. The molecule has 0 atom stereocenters. The van der Waals surface area contributed by atoms with Crippen LogP contribution in [0.25, 0.3) is 0 Å². The van der Waals surface area contributed by atoms with Crippen LogP contribution in [0, 0.1) is 17.8 Å². The summed E-state index contributed by atoms with van der Waals surface area (Å²) in [5, 5.41) is 0. The molecule has 0 radical (unpaired) electrons. The van der Waals surface area contributed by atoms with Crippen molar-refractivity contribution < 1.29 is 8.42 Å². The van der Waals surface area contributed by atoms with E-state index in [1.807, 2.05) is 24.3 Å². The summed E-state index contributed by atoms with van der Waals surface area (Å²) in [6.45, 7) is 9.35. The summed E-state index contributed by atoms with van der Waals surface area (Å²) in [5.74, 6) is 1.22. The lowest BCUT2D eigenvalue weighted by atomic mass is 9.86. The van der Waals surface area contributed by atoms with Gasteiger partial charge in [0.15, 0.2) is 0 Å². The number of nitrogens with one attached hydrogen (secondary N) is 1. The number of hydrogen-bond donors (Lipinski definition) is 2. The molecule has 0 bridgehead atoms. The van der Waals surface area contributed by atoms with E-state index in [4.69, 9.17) is 5.73 Å². The normalized spacial score (nSPS) is 12.6. The van der Waals surface area contributed by atoms with Crippen molar-refractivity contribution >= 4 is 10.0 Å². The molecule has 0 aliphatic rings. The maximum atomic E-state index is 12.3. The van der Waals surface area contributed by atoms with Gasteiger partial charge in [0.25, 0.3) is 0 Å². The molecule has 4 nitrogen and oxygen atoms in total. The van der Waals surface area contributed by atoms with Gasteiger partial charge in [0, 0.05) is 13.1 Å². The lowest BCUT2D eigenvalue weighted by Crippen LogP contribution is -2.34.